The molecule has 0 aliphatic carbocycles. The van der Waals surface area contributed by atoms with E-state index in [2.05, 4.69) is 5.32 Å². The van der Waals surface area contributed by atoms with Crippen molar-refractivity contribution in [2.45, 2.75) is 13.8 Å². The zero-order valence-corrected chi connectivity index (χ0v) is 10.3. The maximum absolute atomic E-state index is 12.0. The molecule has 0 bridgehead atoms. The molecule has 1 heterocycles. The van der Waals surface area contributed by atoms with Gasteiger partial charge in [-0.05, 0) is 31.0 Å². The van der Waals surface area contributed by atoms with Crippen LogP contribution in [0.5, 0.6) is 0 Å². The number of hydrogen-bond acceptors (Lipinski definition) is 2. The lowest BCUT2D eigenvalue weighted by molar-refractivity contribution is 0.0564. The van der Waals surface area contributed by atoms with Crippen molar-refractivity contribution in [2.24, 2.45) is 0 Å². The highest BCUT2D eigenvalue weighted by Crippen LogP contribution is 2.18. The van der Waals surface area contributed by atoms with Gasteiger partial charge in [0.25, 0.3) is 0 Å². The van der Waals surface area contributed by atoms with Crippen LogP contribution in [0.25, 0.3) is 0 Å². The number of nitrogens with one attached hydrogen (secondary N) is 1. The van der Waals surface area contributed by atoms with Gasteiger partial charge in [-0.3, -0.25) is 0 Å². The topological polar surface area (TPSA) is 41.6 Å². The molecule has 1 aliphatic rings. The summed E-state index contributed by atoms with van der Waals surface area (Å²) in [6.07, 6.45) is 0. The second-order valence-corrected chi connectivity index (χ2v) is 4.28. The first-order valence-electron chi connectivity index (χ1n) is 5.88. The standard InChI is InChI=1S/C13H18N2O2/c1-10-4-3-5-12(11(10)2)14-13(16)15-6-8-17-9-7-15/h3-5H,6-9H2,1-2H3,(H,14,16). The molecule has 17 heavy (non-hydrogen) atoms. The van der Waals surface area contributed by atoms with E-state index in [1.54, 1.807) is 4.90 Å². The molecule has 0 spiro atoms. The largest absolute Gasteiger partial charge is 0.378 e. The van der Waals surface area contributed by atoms with Crippen molar-refractivity contribution in [3.05, 3.63) is 29.3 Å². The molecule has 0 aromatic heterocycles. The van der Waals surface area contributed by atoms with Crippen LogP contribution in [0, 0.1) is 13.8 Å². The number of amides is 2. The van der Waals surface area contributed by atoms with Gasteiger partial charge in [-0.25, -0.2) is 4.79 Å². The monoisotopic (exact) mass is 234 g/mol. The Balaban J connectivity index is 2.04. The SMILES string of the molecule is Cc1cccc(NC(=O)N2CCOCC2)c1C. The van der Waals surface area contributed by atoms with E-state index in [1.165, 1.54) is 5.56 Å². The molecule has 4 nitrogen and oxygen atoms in total. The van der Waals surface area contributed by atoms with E-state index in [0.29, 0.717) is 26.3 Å². The second-order valence-electron chi connectivity index (χ2n) is 4.28. The molecule has 1 aromatic rings. The van der Waals surface area contributed by atoms with E-state index in [1.807, 2.05) is 32.0 Å². The minimum absolute atomic E-state index is 0.0398. The molecule has 92 valence electrons. The van der Waals surface area contributed by atoms with Gasteiger partial charge in [-0.1, -0.05) is 12.1 Å². The van der Waals surface area contributed by atoms with E-state index in [9.17, 15) is 4.79 Å². The van der Waals surface area contributed by atoms with Crippen LogP contribution in [0.4, 0.5) is 10.5 Å². The third kappa shape index (κ3) is 2.77. The number of urea groups is 1. The molecule has 1 aromatic carbocycles. The van der Waals surface area contributed by atoms with Gasteiger partial charge in [0.1, 0.15) is 0 Å². The molecular formula is C13H18N2O2. The molecule has 0 radical (unpaired) electrons. The van der Waals surface area contributed by atoms with Gasteiger partial charge >= 0.3 is 6.03 Å². The summed E-state index contributed by atoms with van der Waals surface area (Å²) in [7, 11) is 0. The van der Waals surface area contributed by atoms with Gasteiger partial charge in [0, 0.05) is 18.8 Å². The Morgan fingerprint density at radius 2 is 2.00 bits per heavy atom. The highest BCUT2D eigenvalue weighted by Gasteiger charge is 2.17. The van der Waals surface area contributed by atoms with Crippen LogP contribution in [-0.2, 0) is 4.74 Å². The summed E-state index contributed by atoms with van der Waals surface area (Å²) in [5.74, 6) is 0. The van der Waals surface area contributed by atoms with Crippen LogP contribution in [0.1, 0.15) is 11.1 Å². The summed E-state index contributed by atoms with van der Waals surface area (Å²) in [6, 6.07) is 5.89. The van der Waals surface area contributed by atoms with Gasteiger partial charge in [0.2, 0.25) is 0 Å². The predicted octanol–water partition coefficient (Wildman–Crippen LogP) is 2.17. The fourth-order valence-electron chi connectivity index (χ4n) is 1.85. The van der Waals surface area contributed by atoms with E-state index in [-0.39, 0.29) is 6.03 Å². The van der Waals surface area contributed by atoms with Crippen LogP contribution >= 0.6 is 0 Å². The fourth-order valence-corrected chi connectivity index (χ4v) is 1.85. The first kappa shape index (κ1) is 11.9. The molecule has 1 saturated heterocycles. The highest BCUT2D eigenvalue weighted by atomic mass is 16.5. The van der Waals surface area contributed by atoms with Crippen molar-refractivity contribution >= 4 is 11.7 Å². The Bertz CT molecular complexity index is 412. The Morgan fingerprint density at radius 3 is 2.71 bits per heavy atom. The number of aryl methyl sites for hydroxylation is 1. The Hall–Kier alpha value is -1.55. The zero-order chi connectivity index (χ0) is 12.3. The van der Waals surface area contributed by atoms with Crippen molar-refractivity contribution in [3.8, 4) is 0 Å². The number of morpholine rings is 1. The van der Waals surface area contributed by atoms with Gasteiger partial charge in [0.15, 0.2) is 0 Å². The normalized spacial score (nSPS) is 15.8. The number of ether oxygens (including phenoxy) is 1. The van der Waals surface area contributed by atoms with Crippen LogP contribution < -0.4 is 5.32 Å². The summed E-state index contributed by atoms with van der Waals surface area (Å²) >= 11 is 0. The van der Waals surface area contributed by atoms with Crippen molar-refractivity contribution in [1.82, 2.24) is 4.90 Å². The molecule has 0 unspecified atom stereocenters. The van der Waals surface area contributed by atoms with E-state index < -0.39 is 0 Å². The molecule has 1 N–H and O–H groups in total. The third-order valence-electron chi connectivity index (χ3n) is 3.14. The van der Waals surface area contributed by atoms with E-state index in [0.717, 1.165) is 11.3 Å². The summed E-state index contributed by atoms with van der Waals surface area (Å²) in [5.41, 5.74) is 3.19. The Labute approximate surface area is 102 Å². The minimum Gasteiger partial charge on any atom is -0.378 e. The lowest BCUT2D eigenvalue weighted by Crippen LogP contribution is -2.43. The van der Waals surface area contributed by atoms with Crippen LogP contribution in [0.15, 0.2) is 18.2 Å². The number of nitrogens with zero attached hydrogens (tertiary/aromatic N) is 1. The number of carbonyl (C=O) groups is 1. The van der Waals surface area contributed by atoms with Crippen LogP contribution in [0.2, 0.25) is 0 Å². The first-order chi connectivity index (χ1) is 8.18. The summed E-state index contributed by atoms with van der Waals surface area (Å²) in [5, 5.41) is 2.95. The molecule has 2 amide bonds. The minimum atomic E-state index is -0.0398. The van der Waals surface area contributed by atoms with Crippen molar-refractivity contribution in [2.75, 3.05) is 31.6 Å². The van der Waals surface area contributed by atoms with E-state index in [4.69, 9.17) is 4.74 Å². The predicted molar refractivity (Wildman–Crippen MR) is 67.3 cm³/mol. The van der Waals surface area contributed by atoms with Crippen LogP contribution in [0.3, 0.4) is 0 Å². The van der Waals surface area contributed by atoms with Gasteiger partial charge < -0.3 is 15.0 Å². The van der Waals surface area contributed by atoms with Gasteiger partial charge in [-0.2, -0.15) is 0 Å². The zero-order valence-electron chi connectivity index (χ0n) is 10.3. The fraction of sp³-hybridized carbons (Fsp3) is 0.462. The average Bonchev–Trinajstić information content (AvgIpc) is 2.36. The molecule has 1 fully saturated rings. The van der Waals surface area contributed by atoms with E-state index >= 15 is 0 Å². The van der Waals surface area contributed by atoms with Gasteiger partial charge in [-0.15, -0.1) is 0 Å². The summed E-state index contributed by atoms with van der Waals surface area (Å²) in [4.78, 5) is 13.8. The summed E-state index contributed by atoms with van der Waals surface area (Å²) in [6.45, 7) is 6.64. The Kier molecular flexibility index (Phi) is 3.64. The van der Waals surface area contributed by atoms with Crippen molar-refractivity contribution in [1.29, 1.82) is 0 Å². The average molecular weight is 234 g/mol. The highest BCUT2D eigenvalue weighted by molar-refractivity contribution is 5.90. The molecule has 1 aliphatic heterocycles. The number of anilines is 1. The molecule has 0 saturated carbocycles. The number of hydrogen-bond donors (Lipinski definition) is 1. The van der Waals surface area contributed by atoms with Gasteiger partial charge in [0.05, 0.1) is 13.2 Å². The summed E-state index contributed by atoms with van der Waals surface area (Å²) < 4.78 is 5.22. The molecule has 0 atom stereocenters. The maximum Gasteiger partial charge on any atom is 0.322 e. The molecule has 2 rings (SSSR count). The smallest absolute Gasteiger partial charge is 0.322 e. The lowest BCUT2D eigenvalue weighted by atomic mass is 10.1. The van der Waals surface area contributed by atoms with Crippen molar-refractivity contribution < 1.29 is 9.53 Å². The maximum atomic E-state index is 12.0. The van der Waals surface area contributed by atoms with Crippen LogP contribution in [-0.4, -0.2) is 37.2 Å². The number of carbonyl (C=O) groups excluding carboxylic acids is 1. The molecular weight excluding hydrogens is 216 g/mol. The first-order valence-corrected chi connectivity index (χ1v) is 5.88. The second kappa shape index (κ2) is 5.19. The Morgan fingerprint density at radius 1 is 1.29 bits per heavy atom. The quantitative estimate of drug-likeness (QED) is 0.809. The lowest BCUT2D eigenvalue weighted by Gasteiger charge is -2.27. The number of benzene rings is 1. The number of rotatable bonds is 1. The third-order valence-corrected chi connectivity index (χ3v) is 3.14. The van der Waals surface area contributed by atoms with Crippen molar-refractivity contribution in [3.63, 3.8) is 0 Å². The molecule has 4 heteroatoms.